The number of esters is 1. The second-order valence-electron chi connectivity index (χ2n) is 3.81. The van der Waals surface area contributed by atoms with Gasteiger partial charge in [0.05, 0.1) is 25.0 Å². The standard InChI is InChI=1S/C14H18N2O3/c1-4-16(10-14(17)19-5-2)13-8-12(18-3)7-6-11(13)9-15/h6-8H,4-5,10H2,1-3H3. The van der Waals surface area contributed by atoms with Crippen LogP contribution in [0.4, 0.5) is 5.69 Å². The van der Waals surface area contributed by atoms with Crippen molar-refractivity contribution in [3.63, 3.8) is 0 Å². The average molecular weight is 262 g/mol. The van der Waals surface area contributed by atoms with E-state index in [2.05, 4.69) is 6.07 Å². The van der Waals surface area contributed by atoms with Gasteiger partial charge in [0.2, 0.25) is 0 Å². The summed E-state index contributed by atoms with van der Waals surface area (Å²) in [5.74, 6) is 0.340. The minimum Gasteiger partial charge on any atom is -0.497 e. The zero-order valence-corrected chi connectivity index (χ0v) is 11.5. The van der Waals surface area contributed by atoms with E-state index >= 15 is 0 Å². The van der Waals surface area contributed by atoms with Gasteiger partial charge in [0.15, 0.2) is 0 Å². The summed E-state index contributed by atoms with van der Waals surface area (Å²) >= 11 is 0. The van der Waals surface area contributed by atoms with Gasteiger partial charge in [-0.2, -0.15) is 5.26 Å². The molecule has 0 amide bonds. The van der Waals surface area contributed by atoms with Crippen LogP contribution >= 0.6 is 0 Å². The number of ether oxygens (including phenoxy) is 2. The zero-order valence-electron chi connectivity index (χ0n) is 11.5. The maximum absolute atomic E-state index is 11.6. The van der Waals surface area contributed by atoms with E-state index in [1.165, 1.54) is 0 Å². The van der Waals surface area contributed by atoms with Crippen molar-refractivity contribution in [2.75, 3.05) is 31.7 Å². The maximum atomic E-state index is 11.6. The van der Waals surface area contributed by atoms with Crippen LogP contribution < -0.4 is 9.64 Å². The van der Waals surface area contributed by atoms with Crippen molar-refractivity contribution in [3.8, 4) is 11.8 Å². The first-order valence-electron chi connectivity index (χ1n) is 6.14. The molecule has 0 N–H and O–H groups in total. The van der Waals surface area contributed by atoms with Crippen LogP contribution in [0.3, 0.4) is 0 Å². The normalized spacial score (nSPS) is 9.58. The summed E-state index contributed by atoms with van der Waals surface area (Å²) in [6.07, 6.45) is 0. The van der Waals surface area contributed by atoms with E-state index in [0.717, 1.165) is 0 Å². The number of anilines is 1. The Labute approximate surface area is 113 Å². The van der Waals surface area contributed by atoms with Crippen LogP contribution in [0.1, 0.15) is 19.4 Å². The number of carbonyl (C=O) groups excluding carboxylic acids is 1. The summed E-state index contributed by atoms with van der Waals surface area (Å²) in [6, 6.07) is 7.27. The summed E-state index contributed by atoms with van der Waals surface area (Å²) in [5, 5.41) is 9.13. The van der Waals surface area contributed by atoms with E-state index in [9.17, 15) is 4.79 Å². The smallest absolute Gasteiger partial charge is 0.325 e. The number of benzene rings is 1. The number of rotatable bonds is 6. The highest BCUT2D eigenvalue weighted by atomic mass is 16.5. The van der Waals surface area contributed by atoms with Gasteiger partial charge in [-0.05, 0) is 26.0 Å². The molecule has 0 aliphatic carbocycles. The van der Waals surface area contributed by atoms with Crippen LogP contribution in [-0.2, 0) is 9.53 Å². The molecule has 1 aromatic carbocycles. The van der Waals surface area contributed by atoms with Gasteiger partial charge in [-0.15, -0.1) is 0 Å². The van der Waals surface area contributed by atoms with Gasteiger partial charge in [-0.25, -0.2) is 0 Å². The molecule has 19 heavy (non-hydrogen) atoms. The highest BCUT2D eigenvalue weighted by Gasteiger charge is 2.15. The van der Waals surface area contributed by atoms with Crippen molar-refractivity contribution in [3.05, 3.63) is 23.8 Å². The Bertz CT molecular complexity index is 480. The maximum Gasteiger partial charge on any atom is 0.325 e. The third-order valence-corrected chi connectivity index (χ3v) is 2.67. The van der Waals surface area contributed by atoms with Crippen molar-refractivity contribution >= 4 is 11.7 Å². The molecule has 0 saturated heterocycles. The number of likely N-dealkylation sites (N-methyl/N-ethyl adjacent to an activating group) is 1. The lowest BCUT2D eigenvalue weighted by molar-refractivity contribution is -0.141. The summed E-state index contributed by atoms with van der Waals surface area (Å²) in [5.41, 5.74) is 1.18. The number of hydrogen-bond donors (Lipinski definition) is 0. The Morgan fingerprint density at radius 1 is 1.42 bits per heavy atom. The molecule has 1 aromatic rings. The molecule has 102 valence electrons. The topological polar surface area (TPSA) is 62.6 Å². The van der Waals surface area contributed by atoms with Crippen LogP contribution in [0, 0.1) is 11.3 Å². The van der Waals surface area contributed by atoms with E-state index < -0.39 is 0 Å². The molecule has 0 aliphatic rings. The lowest BCUT2D eigenvalue weighted by atomic mass is 10.1. The molecule has 0 heterocycles. The van der Waals surface area contributed by atoms with Crippen molar-refractivity contribution in [2.24, 2.45) is 0 Å². The summed E-state index contributed by atoms with van der Waals surface area (Å²) in [6.45, 7) is 4.74. The number of methoxy groups -OCH3 is 1. The Morgan fingerprint density at radius 2 is 2.16 bits per heavy atom. The van der Waals surface area contributed by atoms with E-state index in [-0.39, 0.29) is 12.5 Å². The van der Waals surface area contributed by atoms with Crippen molar-refractivity contribution in [1.29, 1.82) is 5.26 Å². The van der Waals surface area contributed by atoms with Gasteiger partial charge in [0.25, 0.3) is 0 Å². The molecule has 0 aliphatic heterocycles. The van der Waals surface area contributed by atoms with E-state index in [1.54, 1.807) is 37.1 Å². The molecule has 5 nitrogen and oxygen atoms in total. The summed E-state index contributed by atoms with van der Waals surface area (Å²) < 4.78 is 10.1. The molecule has 0 spiro atoms. The second kappa shape index (κ2) is 7.27. The fraction of sp³-hybridized carbons (Fsp3) is 0.429. The number of hydrogen-bond acceptors (Lipinski definition) is 5. The van der Waals surface area contributed by atoms with Crippen LogP contribution in [0.5, 0.6) is 5.75 Å². The SMILES string of the molecule is CCOC(=O)CN(CC)c1cc(OC)ccc1C#N. The number of nitrogens with zero attached hydrogens (tertiary/aromatic N) is 2. The molecule has 0 bridgehead atoms. The van der Waals surface area contributed by atoms with Gasteiger partial charge >= 0.3 is 5.97 Å². The summed E-state index contributed by atoms with van der Waals surface area (Å²) in [4.78, 5) is 13.4. The Balaban J connectivity index is 3.02. The first kappa shape index (κ1) is 14.8. The fourth-order valence-corrected chi connectivity index (χ4v) is 1.72. The van der Waals surface area contributed by atoms with Gasteiger partial charge in [0, 0.05) is 12.6 Å². The molecular formula is C14H18N2O3. The lowest BCUT2D eigenvalue weighted by Crippen LogP contribution is -2.31. The Morgan fingerprint density at radius 3 is 2.68 bits per heavy atom. The molecule has 0 unspecified atom stereocenters. The first-order valence-corrected chi connectivity index (χ1v) is 6.14. The number of nitriles is 1. The van der Waals surface area contributed by atoms with Gasteiger partial charge in [-0.1, -0.05) is 0 Å². The van der Waals surface area contributed by atoms with Crippen LogP contribution in [0.25, 0.3) is 0 Å². The molecular weight excluding hydrogens is 244 g/mol. The third-order valence-electron chi connectivity index (χ3n) is 2.67. The van der Waals surface area contributed by atoms with Crippen molar-refractivity contribution < 1.29 is 14.3 Å². The Kier molecular flexibility index (Phi) is 5.68. The largest absolute Gasteiger partial charge is 0.497 e. The minimum absolute atomic E-state index is 0.117. The molecule has 0 atom stereocenters. The van der Waals surface area contributed by atoms with Crippen molar-refractivity contribution in [1.82, 2.24) is 0 Å². The van der Waals surface area contributed by atoms with E-state index in [1.807, 2.05) is 6.92 Å². The second-order valence-corrected chi connectivity index (χ2v) is 3.81. The quantitative estimate of drug-likeness (QED) is 0.733. The predicted octanol–water partition coefficient (Wildman–Crippen LogP) is 1.96. The van der Waals surface area contributed by atoms with Gasteiger partial charge in [0.1, 0.15) is 18.4 Å². The van der Waals surface area contributed by atoms with Crippen LogP contribution in [0.2, 0.25) is 0 Å². The van der Waals surface area contributed by atoms with Crippen molar-refractivity contribution in [2.45, 2.75) is 13.8 Å². The van der Waals surface area contributed by atoms with Gasteiger partial charge in [-0.3, -0.25) is 4.79 Å². The highest BCUT2D eigenvalue weighted by Crippen LogP contribution is 2.25. The highest BCUT2D eigenvalue weighted by molar-refractivity contribution is 5.77. The van der Waals surface area contributed by atoms with Crippen LogP contribution in [0.15, 0.2) is 18.2 Å². The Hall–Kier alpha value is -2.22. The average Bonchev–Trinajstić information content (AvgIpc) is 2.44. The fourth-order valence-electron chi connectivity index (χ4n) is 1.72. The zero-order chi connectivity index (χ0) is 14.3. The van der Waals surface area contributed by atoms with E-state index in [0.29, 0.717) is 30.2 Å². The summed E-state index contributed by atoms with van der Waals surface area (Å²) in [7, 11) is 1.56. The molecule has 5 heteroatoms. The third kappa shape index (κ3) is 3.88. The molecule has 1 rings (SSSR count). The molecule has 0 saturated carbocycles. The monoisotopic (exact) mass is 262 g/mol. The van der Waals surface area contributed by atoms with Gasteiger partial charge < -0.3 is 14.4 Å². The molecule has 0 aromatic heterocycles. The predicted molar refractivity (Wildman–Crippen MR) is 72.2 cm³/mol. The number of carbonyl (C=O) groups is 1. The first-order chi connectivity index (χ1) is 9.15. The minimum atomic E-state index is -0.309. The molecule has 0 fully saturated rings. The lowest BCUT2D eigenvalue weighted by Gasteiger charge is -2.23. The molecule has 0 radical (unpaired) electrons. The van der Waals surface area contributed by atoms with Crippen LogP contribution in [-0.4, -0.2) is 32.8 Å². The van der Waals surface area contributed by atoms with E-state index in [4.69, 9.17) is 14.7 Å².